The van der Waals surface area contributed by atoms with E-state index < -0.39 is 46.9 Å². The number of hydrogen-bond acceptors (Lipinski definition) is 7. The van der Waals surface area contributed by atoms with E-state index in [0.717, 1.165) is 12.3 Å². The van der Waals surface area contributed by atoms with Gasteiger partial charge in [0.1, 0.15) is 22.9 Å². The van der Waals surface area contributed by atoms with Crippen LogP contribution in [0.5, 0.6) is 0 Å². The van der Waals surface area contributed by atoms with Crippen LogP contribution < -0.4 is 11.4 Å². The third kappa shape index (κ3) is 3.57. The normalized spacial score (nSPS) is 26.3. The zero-order chi connectivity index (χ0) is 18.3. The summed E-state index contributed by atoms with van der Waals surface area (Å²) in [6.07, 6.45) is -4.87. The summed E-state index contributed by atoms with van der Waals surface area (Å²) in [5.41, 5.74) is 4.26. The van der Waals surface area contributed by atoms with E-state index in [-0.39, 0.29) is 5.82 Å². The number of nitrogens with two attached hydrogens (primary N) is 1. The molecule has 3 atom stereocenters. The number of ether oxygens (including phenoxy) is 2. The third-order valence-electron chi connectivity index (χ3n) is 3.35. The van der Waals surface area contributed by atoms with Gasteiger partial charge in [-0.05, 0) is 19.9 Å². The number of aromatic nitrogens is 2. The second kappa shape index (κ2) is 6.37. The van der Waals surface area contributed by atoms with E-state index in [1.54, 1.807) is 0 Å². The second-order valence-corrected chi connectivity index (χ2v) is 7.74. The fraction of sp³-hybridized carbons (Fsp3) is 0.615. The van der Waals surface area contributed by atoms with Crippen molar-refractivity contribution in [3.05, 3.63) is 22.7 Å². The highest BCUT2D eigenvalue weighted by Crippen LogP contribution is 2.42. The van der Waals surface area contributed by atoms with Gasteiger partial charge in [-0.3, -0.25) is 9.36 Å². The molecule has 1 fully saturated rings. The van der Waals surface area contributed by atoms with Crippen LogP contribution in [0.3, 0.4) is 0 Å². The number of nitrogen functional groups attached to an aromatic ring is 1. The van der Waals surface area contributed by atoms with Gasteiger partial charge in [-0.25, -0.2) is 4.79 Å². The van der Waals surface area contributed by atoms with Crippen molar-refractivity contribution < 1.29 is 28.2 Å². The predicted molar refractivity (Wildman–Crippen MR) is 81.7 cm³/mol. The van der Waals surface area contributed by atoms with Gasteiger partial charge in [0, 0.05) is 6.20 Å². The largest absolute Gasteiger partial charge is 0.462 e. The lowest BCUT2D eigenvalue weighted by molar-refractivity contribution is -0.152. The molecule has 0 amide bonds. The van der Waals surface area contributed by atoms with Crippen molar-refractivity contribution in [2.24, 2.45) is 0 Å². The van der Waals surface area contributed by atoms with Crippen LogP contribution in [0.4, 0.5) is 14.6 Å². The first-order chi connectivity index (χ1) is 10.9. The number of esters is 1. The predicted octanol–water partition coefficient (Wildman–Crippen LogP) is 0.436. The molecule has 0 aromatic carbocycles. The van der Waals surface area contributed by atoms with Crippen LogP contribution in [0.25, 0.3) is 0 Å². The maximum absolute atomic E-state index is 14.2. The average Bonchev–Trinajstić information content (AvgIpc) is 2.67. The van der Waals surface area contributed by atoms with E-state index >= 15 is 0 Å². The molecule has 1 aliphatic rings. The van der Waals surface area contributed by atoms with Crippen molar-refractivity contribution >= 4 is 27.7 Å². The van der Waals surface area contributed by atoms with E-state index in [4.69, 9.17) is 15.2 Å². The highest BCUT2D eigenvalue weighted by Gasteiger charge is 2.60. The van der Waals surface area contributed by atoms with Crippen molar-refractivity contribution in [2.75, 3.05) is 12.3 Å². The molecule has 0 saturated carbocycles. The summed E-state index contributed by atoms with van der Waals surface area (Å²) in [5, 5.41) is 9.77. The zero-order valence-electron chi connectivity index (χ0n) is 12.8. The summed E-state index contributed by atoms with van der Waals surface area (Å²) in [6.45, 7) is 2.43. The summed E-state index contributed by atoms with van der Waals surface area (Å²) >= 11 is 3.06. The van der Waals surface area contributed by atoms with Gasteiger partial charge in [0.15, 0.2) is 6.10 Å². The quantitative estimate of drug-likeness (QED) is 0.545. The summed E-state index contributed by atoms with van der Waals surface area (Å²) in [4.78, 5) is 26.7. The number of anilines is 1. The molecular weight excluding hydrogens is 396 g/mol. The van der Waals surface area contributed by atoms with Gasteiger partial charge < -0.3 is 20.3 Å². The second-order valence-electron chi connectivity index (χ2n) is 5.76. The maximum Gasteiger partial charge on any atom is 0.351 e. The molecule has 3 N–H and O–H groups in total. The van der Waals surface area contributed by atoms with Crippen LogP contribution in [0.2, 0.25) is 0 Å². The molecule has 0 radical (unpaired) electrons. The summed E-state index contributed by atoms with van der Waals surface area (Å²) in [7, 11) is 0. The standard InChI is InChI=1S/C13H16BrF2N3O5/c1-12(2,14)10(21)23-5-6-8(20)13(15,16)9(24-6)19-4-3-7(17)18-11(19)22/h3-4,6,8-9,20H,5H2,1-2H3,(H2,17,18,22)/t6-,8?,9-/m1/s1. The Labute approximate surface area is 143 Å². The van der Waals surface area contributed by atoms with Crippen molar-refractivity contribution in [1.82, 2.24) is 9.55 Å². The Hall–Kier alpha value is -1.59. The molecule has 0 bridgehead atoms. The number of nitrogens with zero attached hydrogens (tertiary/aromatic N) is 2. The molecule has 134 valence electrons. The van der Waals surface area contributed by atoms with Crippen LogP contribution in [-0.4, -0.2) is 49.7 Å². The van der Waals surface area contributed by atoms with Crippen LogP contribution in [0.1, 0.15) is 20.1 Å². The van der Waals surface area contributed by atoms with Gasteiger partial charge in [0.2, 0.25) is 6.23 Å². The van der Waals surface area contributed by atoms with E-state index in [1.807, 2.05) is 0 Å². The highest BCUT2D eigenvalue weighted by molar-refractivity contribution is 9.10. The van der Waals surface area contributed by atoms with Gasteiger partial charge >= 0.3 is 17.6 Å². The Kier molecular flexibility index (Phi) is 4.98. The van der Waals surface area contributed by atoms with Crippen LogP contribution >= 0.6 is 15.9 Å². The van der Waals surface area contributed by atoms with E-state index in [0.29, 0.717) is 4.57 Å². The molecule has 1 aliphatic heterocycles. The summed E-state index contributed by atoms with van der Waals surface area (Å²) < 4.78 is 37.9. The topological polar surface area (TPSA) is 117 Å². The number of hydrogen-bond donors (Lipinski definition) is 2. The Morgan fingerprint density at radius 3 is 2.79 bits per heavy atom. The molecule has 11 heteroatoms. The maximum atomic E-state index is 14.2. The number of aliphatic hydroxyl groups is 1. The highest BCUT2D eigenvalue weighted by atomic mass is 79.9. The molecule has 2 heterocycles. The van der Waals surface area contributed by atoms with Crippen molar-refractivity contribution in [3.8, 4) is 0 Å². The van der Waals surface area contributed by atoms with Gasteiger partial charge in [-0.15, -0.1) is 0 Å². The Morgan fingerprint density at radius 1 is 1.62 bits per heavy atom. The monoisotopic (exact) mass is 411 g/mol. The molecule has 1 saturated heterocycles. The van der Waals surface area contributed by atoms with Gasteiger partial charge in [-0.1, -0.05) is 15.9 Å². The Morgan fingerprint density at radius 2 is 2.25 bits per heavy atom. The van der Waals surface area contributed by atoms with Crippen LogP contribution in [0, 0.1) is 0 Å². The lowest BCUT2D eigenvalue weighted by atomic mass is 10.1. The number of carbonyl (C=O) groups is 1. The smallest absolute Gasteiger partial charge is 0.351 e. The van der Waals surface area contributed by atoms with E-state index in [1.165, 1.54) is 13.8 Å². The number of alkyl halides is 3. The van der Waals surface area contributed by atoms with Crippen LogP contribution in [-0.2, 0) is 14.3 Å². The van der Waals surface area contributed by atoms with E-state index in [2.05, 4.69) is 20.9 Å². The number of halogens is 3. The Balaban J connectivity index is 2.19. The minimum absolute atomic E-state index is 0.136. The molecule has 1 unspecified atom stereocenters. The molecule has 1 aromatic rings. The lowest BCUT2D eigenvalue weighted by Gasteiger charge is -2.20. The first-order valence-corrected chi connectivity index (χ1v) is 7.66. The van der Waals surface area contributed by atoms with Crippen molar-refractivity contribution in [3.63, 3.8) is 0 Å². The van der Waals surface area contributed by atoms with Gasteiger partial charge in [-0.2, -0.15) is 13.8 Å². The zero-order valence-corrected chi connectivity index (χ0v) is 14.4. The molecule has 2 rings (SSSR count). The van der Waals surface area contributed by atoms with Gasteiger partial charge in [0.05, 0.1) is 0 Å². The molecule has 24 heavy (non-hydrogen) atoms. The third-order valence-corrected chi connectivity index (χ3v) is 3.67. The molecule has 0 aliphatic carbocycles. The number of aliphatic hydroxyl groups excluding tert-OH is 1. The molecule has 8 nitrogen and oxygen atoms in total. The van der Waals surface area contributed by atoms with Gasteiger partial charge in [0.25, 0.3) is 0 Å². The van der Waals surface area contributed by atoms with E-state index in [9.17, 15) is 23.5 Å². The first-order valence-electron chi connectivity index (χ1n) is 6.86. The Bertz CT molecular complexity index is 691. The SMILES string of the molecule is CC(C)(Br)C(=O)OC[C@H]1O[C@@H](n2ccc(N)nc2=O)C(F)(F)C1O. The minimum atomic E-state index is -3.79. The summed E-state index contributed by atoms with van der Waals surface area (Å²) in [6, 6.07) is 1.15. The number of rotatable bonds is 4. The van der Waals surface area contributed by atoms with Crippen LogP contribution in [0.15, 0.2) is 17.1 Å². The average molecular weight is 412 g/mol. The van der Waals surface area contributed by atoms with Crippen molar-refractivity contribution in [1.29, 1.82) is 0 Å². The lowest BCUT2D eigenvalue weighted by Crippen LogP contribution is -2.42. The molecule has 0 spiro atoms. The minimum Gasteiger partial charge on any atom is -0.462 e. The number of carbonyl (C=O) groups excluding carboxylic acids is 1. The first kappa shape index (κ1) is 18.7. The fourth-order valence-electron chi connectivity index (χ4n) is 2.04. The van der Waals surface area contributed by atoms with Crippen molar-refractivity contribution in [2.45, 2.75) is 42.5 Å². The molecule has 1 aromatic heterocycles. The fourth-order valence-corrected chi connectivity index (χ4v) is 2.15. The molecular formula is C13H16BrF2N3O5. The summed E-state index contributed by atoms with van der Waals surface area (Å²) in [5.74, 6) is -4.64.